The number of ether oxygens (including phenoxy) is 2. The highest BCUT2D eigenvalue weighted by atomic mass is 16.5. The Morgan fingerprint density at radius 2 is 1.53 bits per heavy atom. The second-order valence-electron chi connectivity index (χ2n) is 9.14. The standard InChI is InChI=1S/C24H34N2O4/c1-15(27)19-12-20(22(30-3)13-21(19)29-2)24(28)25-18-10-11-26(14-18)23-16-6-4-7-17(23)9-5-8-16/h12-13,16-18,23H,4-11,14H2,1-3H3,(H,25,28)/t16?,17?,18-,23?/m0/s1. The Bertz CT molecular complexity index is 787. The highest BCUT2D eigenvalue weighted by molar-refractivity contribution is 6.03. The smallest absolute Gasteiger partial charge is 0.255 e. The molecule has 1 N–H and O–H groups in total. The third-order valence-corrected chi connectivity index (χ3v) is 7.39. The molecule has 6 nitrogen and oxygen atoms in total. The first-order valence-electron chi connectivity index (χ1n) is 11.3. The number of rotatable bonds is 6. The third-order valence-electron chi connectivity index (χ3n) is 7.39. The van der Waals surface area contributed by atoms with Crippen LogP contribution in [-0.4, -0.2) is 56.0 Å². The van der Waals surface area contributed by atoms with Crippen molar-refractivity contribution in [2.45, 2.75) is 64.0 Å². The zero-order valence-electron chi connectivity index (χ0n) is 18.4. The topological polar surface area (TPSA) is 67.9 Å². The number of hydrogen-bond acceptors (Lipinski definition) is 5. The van der Waals surface area contributed by atoms with Crippen molar-refractivity contribution in [3.63, 3.8) is 0 Å². The largest absolute Gasteiger partial charge is 0.496 e. The molecule has 1 heterocycles. The molecule has 164 valence electrons. The maximum atomic E-state index is 13.1. The van der Waals surface area contributed by atoms with Crippen LogP contribution in [0.2, 0.25) is 0 Å². The number of methoxy groups -OCH3 is 2. The van der Waals surface area contributed by atoms with Gasteiger partial charge >= 0.3 is 0 Å². The zero-order chi connectivity index (χ0) is 21.3. The van der Waals surface area contributed by atoms with Crippen molar-refractivity contribution in [2.24, 2.45) is 11.8 Å². The fourth-order valence-electron chi connectivity index (χ4n) is 6.03. The lowest BCUT2D eigenvalue weighted by Gasteiger charge is -2.47. The van der Waals surface area contributed by atoms with Crippen LogP contribution in [0.15, 0.2) is 12.1 Å². The lowest BCUT2D eigenvalue weighted by atomic mass is 9.68. The Kier molecular flexibility index (Phi) is 6.32. The molecule has 1 atom stereocenters. The van der Waals surface area contributed by atoms with Gasteiger partial charge < -0.3 is 14.8 Å². The van der Waals surface area contributed by atoms with Gasteiger partial charge in [-0.25, -0.2) is 0 Å². The first-order valence-corrected chi connectivity index (χ1v) is 11.3. The first-order chi connectivity index (χ1) is 14.5. The third kappa shape index (κ3) is 4.07. The van der Waals surface area contributed by atoms with Gasteiger partial charge in [-0.05, 0) is 56.9 Å². The van der Waals surface area contributed by atoms with E-state index >= 15 is 0 Å². The number of benzene rings is 1. The predicted molar refractivity (Wildman–Crippen MR) is 115 cm³/mol. The zero-order valence-corrected chi connectivity index (χ0v) is 18.4. The van der Waals surface area contributed by atoms with Gasteiger partial charge in [0.1, 0.15) is 11.5 Å². The van der Waals surface area contributed by atoms with Crippen LogP contribution in [0.1, 0.15) is 72.6 Å². The van der Waals surface area contributed by atoms with Crippen molar-refractivity contribution in [3.8, 4) is 11.5 Å². The summed E-state index contributed by atoms with van der Waals surface area (Å²) in [5.41, 5.74) is 0.781. The number of likely N-dealkylation sites (tertiary alicyclic amines) is 1. The van der Waals surface area contributed by atoms with Gasteiger partial charge in [0, 0.05) is 31.2 Å². The summed E-state index contributed by atoms with van der Waals surface area (Å²) in [7, 11) is 3.03. The predicted octanol–water partition coefficient (Wildman–Crippen LogP) is 3.68. The van der Waals surface area contributed by atoms with E-state index in [4.69, 9.17) is 9.47 Å². The van der Waals surface area contributed by atoms with E-state index in [0.29, 0.717) is 28.7 Å². The summed E-state index contributed by atoms with van der Waals surface area (Å²) in [5, 5.41) is 3.20. The Balaban J connectivity index is 1.46. The van der Waals surface area contributed by atoms with Crippen LogP contribution in [0.4, 0.5) is 0 Å². The molecular weight excluding hydrogens is 380 g/mol. The minimum Gasteiger partial charge on any atom is -0.496 e. The van der Waals surface area contributed by atoms with Crippen LogP contribution < -0.4 is 14.8 Å². The SMILES string of the molecule is COc1cc(OC)c(C(=O)N[C@H]2CCN(C3C4CCCC3CCC4)C2)cc1C(C)=O. The van der Waals surface area contributed by atoms with E-state index in [1.165, 1.54) is 59.7 Å². The number of amides is 1. The lowest BCUT2D eigenvalue weighted by Crippen LogP contribution is -2.50. The molecule has 0 aromatic heterocycles. The van der Waals surface area contributed by atoms with E-state index in [2.05, 4.69) is 10.2 Å². The Labute approximate surface area is 179 Å². The molecule has 30 heavy (non-hydrogen) atoms. The van der Waals surface area contributed by atoms with Gasteiger partial charge in [-0.2, -0.15) is 0 Å². The van der Waals surface area contributed by atoms with Gasteiger partial charge in [0.2, 0.25) is 0 Å². The number of carbonyl (C=O) groups is 2. The van der Waals surface area contributed by atoms with Gasteiger partial charge in [-0.1, -0.05) is 12.8 Å². The second kappa shape index (κ2) is 8.96. The number of nitrogens with one attached hydrogen (secondary N) is 1. The van der Waals surface area contributed by atoms with E-state index in [9.17, 15) is 9.59 Å². The van der Waals surface area contributed by atoms with Crippen molar-refractivity contribution in [1.82, 2.24) is 10.2 Å². The fraction of sp³-hybridized carbons (Fsp3) is 0.667. The summed E-state index contributed by atoms with van der Waals surface area (Å²) >= 11 is 0. The number of hydrogen-bond donors (Lipinski definition) is 1. The van der Waals surface area contributed by atoms with E-state index in [1.54, 1.807) is 12.1 Å². The van der Waals surface area contributed by atoms with Crippen LogP contribution in [0, 0.1) is 11.8 Å². The first kappa shape index (κ1) is 21.2. The second-order valence-corrected chi connectivity index (χ2v) is 9.14. The van der Waals surface area contributed by atoms with E-state index in [0.717, 1.165) is 31.3 Å². The normalized spacial score (nSPS) is 28.8. The molecule has 1 aromatic rings. The monoisotopic (exact) mass is 414 g/mol. The maximum absolute atomic E-state index is 13.1. The van der Waals surface area contributed by atoms with Crippen LogP contribution in [0.3, 0.4) is 0 Å². The van der Waals surface area contributed by atoms with Crippen molar-refractivity contribution in [1.29, 1.82) is 0 Å². The molecular formula is C24H34N2O4. The van der Waals surface area contributed by atoms with Crippen LogP contribution >= 0.6 is 0 Å². The molecule has 1 aliphatic heterocycles. The van der Waals surface area contributed by atoms with Crippen LogP contribution in [0.25, 0.3) is 0 Å². The summed E-state index contributed by atoms with van der Waals surface area (Å²) in [6.45, 7) is 3.45. The summed E-state index contributed by atoms with van der Waals surface area (Å²) < 4.78 is 10.7. The number of nitrogens with zero attached hydrogens (tertiary/aromatic N) is 1. The average molecular weight is 415 g/mol. The molecule has 3 aliphatic rings. The van der Waals surface area contributed by atoms with Crippen molar-refractivity contribution >= 4 is 11.7 Å². The molecule has 0 radical (unpaired) electrons. The Morgan fingerprint density at radius 3 is 2.10 bits per heavy atom. The summed E-state index contributed by atoms with van der Waals surface area (Å²) in [5.74, 6) is 2.20. The molecule has 2 aliphatic carbocycles. The van der Waals surface area contributed by atoms with Gasteiger partial charge in [-0.3, -0.25) is 14.5 Å². The lowest BCUT2D eigenvalue weighted by molar-refractivity contribution is 0.0346. The van der Waals surface area contributed by atoms with E-state index < -0.39 is 0 Å². The average Bonchev–Trinajstić information content (AvgIpc) is 3.20. The number of ketones is 1. The molecule has 2 bridgehead atoms. The highest BCUT2D eigenvalue weighted by Gasteiger charge is 2.42. The summed E-state index contributed by atoms with van der Waals surface area (Å²) in [4.78, 5) is 27.7. The van der Waals surface area contributed by atoms with Gasteiger partial charge in [0.25, 0.3) is 5.91 Å². The van der Waals surface area contributed by atoms with Crippen molar-refractivity contribution < 1.29 is 19.1 Å². The van der Waals surface area contributed by atoms with E-state index in [-0.39, 0.29) is 17.7 Å². The number of carbonyl (C=O) groups excluding carboxylic acids is 2. The highest BCUT2D eigenvalue weighted by Crippen LogP contribution is 2.43. The van der Waals surface area contributed by atoms with Crippen molar-refractivity contribution in [2.75, 3.05) is 27.3 Å². The number of fused-ring (bicyclic) bond motifs is 2. The minimum absolute atomic E-state index is 0.132. The molecule has 1 aromatic carbocycles. The molecule has 0 unspecified atom stereocenters. The molecule has 6 heteroatoms. The van der Waals surface area contributed by atoms with Crippen LogP contribution in [-0.2, 0) is 0 Å². The summed E-state index contributed by atoms with van der Waals surface area (Å²) in [6.07, 6.45) is 9.21. The quantitative estimate of drug-likeness (QED) is 0.719. The summed E-state index contributed by atoms with van der Waals surface area (Å²) in [6, 6.07) is 4.05. The maximum Gasteiger partial charge on any atom is 0.255 e. The molecule has 1 saturated heterocycles. The number of Topliss-reactive ketones (excluding diaryl/α,β-unsaturated/α-hetero) is 1. The molecule has 2 saturated carbocycles. The van der Waals surface area contributed by atoms with Gasteiger partial charge in [-0.15, -0.1) is 0 Å². The minimum atomic E-state index is -0.187. The van der Waals surface area contributed by atoms with E-state index in [1.807, 2.05) is 0 Å². The Hall–Kier alpha value is -2.08. The van der Waals surface area contributed by atoms with Gasteiger partial charge in [0.15, 0.2) is 5.78 Å². The molecule has 4 rings (SSSR count). The fourth-order valence-corrected chi connectivity index (χ4v) is 6.03. The molecule has 3 fully saturated rings. The Morgan fingerprint density at radius 1 is 0.933 bits per heavy atom. The molecule has 0 spiro atoms. The van der Waals surface area contributed by atoms with Crippen LogP contribution in [0.5, 0.6) is 11.5 Å². The van der Waals surface area contributed by atoms with Gasteiger partial charge in [0.05, 0.1) is 25.3 Å². The van der Waals surface area contributed by atoms with Crippen molar-refractivity contribution in [3.05, 3.63) is 23.3 Å². The molecule has 1 amide bonds.